The van der Waals surface area contributed by atoms with E-state index in [0.717, 1.165) is 33.9 Å². The lowest BCUT2D eigenvalue weighted by Crippen LogP contribution is -2.28. The minimum Gasteiger partial charge on any atom is -0.378 e. The number of anilines is 2. The van der Waals surface area contributed by atoms with Crippen LogP contribution >= 0.6 is 0 Å². The van der Waals surface area contributed by atoms with Gasteiger partial charge in [-0.1, -0.05) is 62.0 Å². The second-order valence-electron chi connectivity index (χ2n) is 8.14. The number of imidazole rings is 1. The van der Waals surface area contributed by atoms with Gasteiger partial charge in [-0.2, -0.15) is 0 Å². The Morgan fingerprint density at radius 3 is 1.79 bits per heavy atom. The summed E-state index contributed by atoms with van der Waals surface area (Å²) >= 11 is 0. The fourth-order valence-corrected chi connectivity index (χ4v) is 3.39. The smallest absolute Gasteiger partial charge is 0.339 e. The van der Waals surface area contributed by atoms with Crippen LogP contribution in [0.3, 0.4) is 0 Å². The van der Waals surface area contributed by atoms with E-state index in [-0.39, 0.29) is 0 Å². The van der Waals surface area contributed by atoms with Gasteiger partial charge in [0.05, 0.1) is 18.0 Å². The van der Waals surface area contributed by atoms with E-state index < -0.39 is 0 Å². The van der Waals surface area contributed by atoms with Crippen molar-refractivity contribution in [3.05, 3.63) is 102 Å². The standard InChI is InChI=1S/C27H29N6/c1-30(2)25-14-10-22(11-15-25)20-28-32-18-19-33(27(32)24-8-6-5-7-9-24)29-21-23-12-16-26(17-13-23)31(3)4/h5-21H,1-4H3/q+1/b28-20+,29-21+. The van der Waals surface area contributed by atoms with Gasteiger partial charge < -0.3 is 9.80 Å². The molecule has 0 amide bonds. The molecule has 0 saturated heterocycles. The Labute approximate surface area is 195 Å². The van der Waals surface area contributed by atoms with Crippen molar-refractivity contribution in [1.29, 1.82) is 0 Å². The Hall–Kier alpha value is -4.19. The molecule has 0 aliphatic heterocycles. The first-order valence-electron chi connectivity index (χ1n) is 10.8. The van der Waals surface area contributed by atoms with Gasteiger partial charge in [-0.25, -0.2) is 0 Å². The van der Waals surface area contributed by atoms with E-state index in [2.05, 4.69) is 70.5 Å². The van der Waals surface area contributed by atoms with E-state index in [1.807, 2.05) is 80.6 Å². The first kappa shape index (κ1) is 22.0. The lowest BCUT2D eigenvalue weighted by atomic mass is 10.2. The van der Waals surface area contributed by atoms with Crippen molar-refractivity contribution in [2.45, 2.75) is 0 Å². The Balaban J connectivity index is 1.64. The summed E-state index contributed by atoms with van der Waals surface area (Å²) in [5, 5.41) is 9.42. The summed E-state index contributed by atoms with van der Waals surface area (Å²) in [5.41, 5.74) is 5.41. The van der Waals surface area contributed by atoms with E-state index in [1.54, 1.807) is 0 Å². The molecule has 0 atom stereocenters. The third-order valence-corrected chi connectivity index (χ3v) is 5.30. The molecule has 0 bridgehead atoms. The van der Waals surface area contributed by atoms with Crippen molar-refractivity contribution in [2.75, 3.05) is 38.0 Å². The molecule has 0 aliphatic carbocycles. The maximum absolute atomic E-state index is 4.71. The van der Waals surface area contributed by atoms with Crippen molar-refractivity contribution >= 4 is 23.8 Å². The molecule has 6 nitrogen and oxygen atoms in total. The number of hydrogen-bond acceptors (Lipinski definition) is 4. The summed E-state index contributed by atoms with van der Waals surface area (Å²) in [6.07, 6.45) is 7.55. The van der Waals surface area contributed by atoms with Gasteiger partial charge in [0.2, 0.25) is 0 Å². The second-order valence-corrected chi connectivity index (χ2v) is 8.14. The fraction of sp³-hybridized carbons (Fsp3) is 0.148. The average molecular weight is 438 g/mol. The van der Waals surface area contributed by atoms with Crippen LogP contribution < -0.4 is 14.5 Å². The quantitative estimate of drug-likeness (QED) is 0.319. The monoisotopic (exact) mass is 437 g/mol. The summed E-state index contributed by atoms with van der Waals surface area (Å²) in [6.45, 7) is 0. The van der Waals surface area contributed by atoms with Crippen molar-refractivity contribution < 1.29 is 4.68 Å². The van der Waals surface area contributed by atoms with Gasteiger partial charge in [-0.15, -0.1) is 0 Å². The van der Waals surface area contributed by atoms with Crippen LogP contribution in [-0.4, -0.2) is 45.3 Å². The Morgan fingerprint density at radius 1 is 0.697 bits per heavy atom. The Bertz CT molecular complexity index is 1160. The molecule has 0 spiro atoms. The van der Waals surface area contributed by atoms with Crippen molar-refractivity contribution in [3.8, 4) is 11.4 Å². The molecule has 0 unspecified atom stereocenters. The normalized spacial score (nSPS) is 11.4. The summed E-state index contributed by atoms with van der Waals surface area (Å²) in [6, 6.07) is 26.8. The van der Waals surface area contributed by atoms with Crippen molar-refractivity contribution in [2.24, 2.45) is 10.2 Å². The van der Waals surface area contributed by atoms with Crippen LogP contribution in [0.4, 0.5) is 11.4 Å². The molecular weight excluding hydrogens is 408 g/mol. The highest BCUT2D eigenvalue weighted by atomic mass is 15.5. The molecule has 0 N–H and O–H groups in total. The Kier molecular flexibility index (Phi) is 6.64. The van der Waals surface area contributed by atoms with Crippen LogP contribution in [-0.2, 0) is 0 Å². The first-order chi connectivity index (χ1) is 16.0. The van der Waals surface area contributed by atoms with E-state index >= 15 is 0 Å². The molecular formula is C27H29N6+. The van der Waals surface area contributed by atoms with Gasteiger partial charge >= 0.3 is 5.82 Å². The molecule has 166 valence electrons. The number of aromatic nitrogens is 2. The van der Waals surface area contributed by atoms with E-state index in [9.17, 15) is 0 Å². The molecule has 1 aromatic heterocycles. The lowest BCUT2D eigenvalue weighted by molar-refractivity contribution is -0.666. The Morgan fingerprint density at radius 2 is 1.24 bits per heavy atom. The van der Waals surface area contributed by atoms with Gasteiger partial charge in [0.15, 0.2) is 12.4 Å². The number of benzene rings is 3. The van der Waals surface area contributed by atoms with Crippen LogP contribution in [0.1, 0.15) is 11.1 Å². The van der Waals surface area contributed by atoms with Gasteiger partial charge in [-0.3, -0.25) is 0 Å². The molecule has 6 heteroatoms. The summed E-state index contributed by atoms with van der Waals surface area (Å²) in [7, 11) is 8.13. The number of hydrogen-bond donors (Lipinski definition) is 0. The maximum atomic E-state index is 4.71. The SMILES string of the molecule is CN(C)c1ccc(/C=N/n2cc[n+](/N=C/c3ccc(N(C)C)cc3)c2-c2ccccc2)cc1. The highest BCUT2D eigenvalue weighted by Crippen LogP contribution is 2.16. The number of rotatable bonds is 7. The van der Waals surface area contributed by atoms with Crippen LogP contribution in [0.15, 0.2) is 101 Å². The summed E-state index contributed by atoms with van der Waals surface area (Å²) in [5.74, 6) is 0.873. The van der Waals surface area contributed by atoms with Crippen LogP contribution in [0.25, 0.3) is 11.4 Å². The molecule has 3 aromatic carbocycles. The third-order valence-electron chi connectivity index (χ3n) is 5.30. The van der Waals surface area contributed by atoms with E-state index in [4.69, 9.17) is 10.2 Å². The fourth-order valence-electron chi connectivity index (χ4n) is 3.39. The van der Waals surface area contributed by atoms with Gasteiger partial charge in [0.1, 0.15) is 0 Å². The van der Waals surface area contributed by atoms with Gasteiger partial charge in [0.25, 0.3) is 0 Å². The van der Waals surface area contributed by atoms with Crippen LogP contribution in [0.5, 0.6) is 0 Å². The highest BCUT2D eigenvalue weighted by molar-refractivity contribution is 5.81. The minimum absolute atomic E-state index is 0.873. The van der Waals surface area contributed by atoms with Gasteiger partial charge in [-0.05, 0) is 47.5 Å². The second kappa shape index (κ2) is 9.96. The summed E-state index contributed by atoms with van der Waals surface area (Å²) < 4.78 is 3.70. The van der Waals surface area contributed by atoms with Crippen LogP contribution in [0, 0.1) is 0 Å². The molecule has 0 aliphatic rings. The molecule has 1 heterocycles. The lowest BCUT2D eigenvalue weighted by Gasteiger charge is -2.11. The molecule has 4 aromatic rings. The van der Waals surface area contributed by atoms with E-state index in [0.29, 0.717) is 0 Å². The summed E-state index contributed by atoms with van der Waals surface area (Å²) in [4.78, 5) is 4.16. The molecule has 0 saturated carbocycles. The average Bonchev–Trinajstić information content (AvgIpc) is 3.25. The molecule has 33 heavy (non-hydrogen) atoms. The van der Waals surface area contributed by atoms with Crippen molar-refractivity contribution in [3.63, 3.8) is 0 Å². The largest absolute Gasteiger partial charge is 0.378 e. The minimum atomic E-state index is 0.873. The van der Waals surface area contributed by atoms with Gasteiger partial charge in [0, 0.05) is 39.6 Å². The predicted molar refractivity (Wildman–Crippen MR) is 138 cm³/mol. The molecule has 4 rings (SSSR count). The zero-order valence-electron chi connectivity index (χ0n) is 19.5. The predicted octanol–water partition coefficient (Wildman–Crippen LogP) is 4.34. The molecule has 0 radical (unpaired) electrons. The zero-order valence-corrected chi connectivity index (χ0v) is 19.5. The topological polar surface area (TPSA) is 40.0 Å². The zero-order chi connectivity index (χ0) is 23.2. The number of nitrogens with zero attached hydrogens (tertiary/aromatic N) is 6. The van der Waals surface area contributed by atoms with Crippen LogP contribution in [0.2, 0.25) is 0 Å². The third kappa shape index (κ3) is 5.36. The van der Waals surface area contributed by atoms with E-state index in [1.165, 1.54) is 0 Å². The maximum Gasteiger partial charge on any atom is 0.339 e. The molecule has 0 fully saturated rings. The first-order valence-corrected chi connectivity index (χ1v) is 10.8. The highest BCUT2D eigenvalue weighted by Gasteiger charge is 2.19. The van der Waals surface area contributed by atoms with Crippen molar-refractivity contribution in [1.82, 2.24) is 4.68 Å².